The molecule has 1 amide bonds. The second-order valence-corrected chi connectivity index (χ2v) is 4.70. The van der Waals surface area contributed by atoms with Gasteiger partial charge in [-0.1, -0.05) is 25.7 Å². The first-order valence-electron chi connectivity index (χ1n) is 6.30. The maximum absolute atomic E-state index is 11.7. The van der Waals surface area contributed by atoms with Gasteiger partial charge in [0.15, 0.2) is 0 Å². The normalized spacial score (nSPS) is 19.4. The largest absolute Gasteiger partial charge is 0.480 e. The zero-order chi connectivity index (χ0) is 12.7. The molecule has 0 aromatic heterocycles. The van der Waals surface area contributed by atoms with Crippen LogP contribution < -0.4 is 10.6 Å². The van der Waals surface area contributed by atoms with E-state index in [1.54, 1.807) is 7.05 Å². The third kappa shape index (κ3) is 4.00. The predicted octanol–water partition coefficient (Wildman–Crippen LogP) is 0.890. The van der Waals surface area contributed by atoms with E-state index < -0.39 is 11.5 Å². The molecule has 0 radical (unpaired) electrons. The van der Waals surface area contributed by atoms with E-state index in [-0.39, 0.29) is 5.91 Å². The minimum Gasteiger partial charge on any atom is -0.480 e. The molecule has 1 aliphatic carbocycles. The fraction of sp³-hybridized carbons (Fsp3) is 0.833. The van der Waals surface area contributed by atoms with E-state index in [4.69, 9.17) is 0 Å². The molecular formula is C12H22N2O3. The Labute approximate surface area is 102 Å². The number of carboxylic acid groups (broad SMARTS) is 1. The molecule has 5 heteroatoms. The van der Waals surface area contributed by atoms with Gasteiger partial charge in [-0.15, -0.1) is 0 Å². The Morgan fingerprint density at radius 2 is 1.76 bits per heavy atom. The van der Waals surface area contributed by atoms with Crippen LogP contribution in [0.4, 0.5) is 0 Å². The molecule has 0 aliphatic heterocycles. The Morgan fingerprint density at radius 3 is 2.24 bits per heavy atom. The summed E-state index contributed by atoms with van der Waals surface area (Å²) in [6.07, 6.45) is 5.28. The van der Waals surface area contributed by atoms with Gasteiger partial charge in [0.2, 0.25) is 5.91 Å². The van der Waals surface area contributed by atoms with Crippen LogP contribution in [0, 0.1) is 0 Å². The van der Waals surface area contributed by atoms with Gasteiger partial charge in [0.1, 0.15) is 5.54 Å². The van der Waals surface area contributed by atoms with E-state index in [1.807, 2.05) is 0 Å². The molecule has 5 nitrogen and oxygen atoms in total. The average molecular weight is 242 g/mol. The SMILES string of the molecule is CNCCC(=O)NC1(C(=O)O)CCCCCC1. The van der Waals surface area contributed by atoms with Crippen molar-refractivity contribution in [3.8, 4) is 0 Å². The predicted molar refractivity (Wildman–Crippen MR) is 64.8 cm³/mol. The van der Waals surface area contributed by atoms with Crippen molar-refractivity contribution in [1.29, 1.82) is 0 Å². The minimum absolute atomic E-state index is 0.177. The van der Waals surface area contributed by atoms with Crippen LogP contribution in [0.15, 0.2) is 0 Å². The molecule has 0 bridgehead atoms. The van der Waals surface area contributed by atoms with Gasteiger partial charge in [0, 0.05) is 13.0 Å². The van der Waals surface area contributed by atoms with Crippen molar-refractivity contribution in [3.05, 3.63) is 0 Å². The summed E-state index contributed by atoms with van der Waals surface area (Å²) in [5.74, 6) is -1.07. The van der Waals surface area contributed by atoms with Crippen molar-refractivity contribution in [1.82, 2.24) is 10.6 Å². The average Bonchev–Trinajstić information content (AvgIpc) is 2.53. The number of aliphatic carboxylic acids is 1. The Morgan fingerprint density at radius 1 is 1.18 bits per heavy atom. The summed E-state index contributed by atoms with van der Waals surface area (Å²) in [5.41, 5.74) is -1.03. The van der Waals surface area contributed by atoms with Crippen molar-refractivity contribution in [3.63, 3.8) is 0 Å². The van der Waals surface area contributed by atoms with Crippen LogP contribution in [0.3, 0.4) is 0 Å². The first kappa shape index (κ1) is 14.0. The molecule has 1 fully saturated rings. The molecule has 3 N–H and O–H groups in total. The Bertz CT molecular complexity index is 271. The van der Waals surface area contributed by atoms with Gasteiger partial charge >= 0.3 is 5.97 Å². The standard InChI is InChI=1S/C12H22N2O3/c1-13-9-6-10(15)14-12(11(16)17)7-4-2-3-5-8-12/h13H,2-9H2,1H3,(H,14,15)(H,16,17). The molecule has 0 unspecified atom stereocenters. The van der Waals surface area contributed by atoms with Crippen LogP contribution in [0.2, 0.25) is 0 Å². The van der Waals surface area contributed by atoms with E-state index in [0.29, 0.717) is 25.8 Å². The van der Waals surface area contributed by atoms with Crippen molar-refractivity contribution >= 4 is 11.9 Å². The zero-order valence-electron chi connectivity index (χ0n) is 10.4. The number of hydrogen-bond donors (Lipinski definition) is 3. The summed E-state index contributed by atoms with van der Waals surface area (Å²) in [6, 6.07) is 0. The number of carboxylic acids is 1. The van der Waals surface area contributed by atoms with E-state index >= 15 is 0 Å². The molecule has 0 spiro atoms. The maximum atomic E-state index is 11.7. The Balaban J connectivity index is 2.63. The summed E-state index contributed by atoms with van der Waals surface area (Å²) in [7, 11) is 1.77. The molecule has 1 aliphatic rings. The van der Waals surface area contributed by atoms with Gasteiger partial charge in [0.25, 0.3) is 0 Å². The van der Waals surface area contributed by atoms with Crippen LogP contribution in [0.1, 0.15) is 44.9 Å². The number of rotatable bonds is 5. The highest BCUT2D eigenvalue weighted by Crippen LogP contribution is 2.27. The number of carbonyl (C=O) groups excluding carboxylic acids is 1. The van der Waals surface area contributed by atoms with Crippen molar-refractivity contribution in [2.45, 2.75) is 50.5 Å². The molecule has 0 saturated heterocycles. The lowest BCUT2D eigenvalue weighted by Gasteiger charge is -2.29. The van der Waals surface area contributed by atoms with E-state index in [2.05, 4.69) is 10.6 Å². The van der Waals surface area contributed by atoms with Crippen LogP contribution in [-0.4, -0.2) is 36.1 Å². The van der Waals surface area contributed by atoms with Crippen molar-refractivity contribution in [2.75, 3.05) is 13.6 Å². The zero-order valence-corrected chi connectivity index (χ0v) is 10.4. The number of hydrogen-bond acceptors (Lipinski definition) is 3. The van der Waals surface area contributed by atoms with Crippen LogP contribution in [-0.2, 0) is 9.59 Å². The lowest BCUT2D eigenvalue weighted by atomic mass is 9.90. The first-order chi connectivity index (χ1) is 8.10. The van der Waals surface area contributed by atoms with Gasteiger partial charge in [0.05, 0.1) is 0 Å². The molecule has 0 aromatic rings. The maximum Gasteiger partial charge on any atom is 0.329 e. The molecule has 0 atom stereocenters. The second kappa shape index (κ2) is 6.59. The highest BCUT2D eigenvalue weighted by atomic mass is 16.4. The molecule has 1 saturated carbocycles. The summed E-state index contributed by atoms with van der Waals surface area (Å²) < 4.78 is 0. The van der Waals surface area contributed by atoms with E-state index in [0.717, 1.165) is 25.7 Å². The van der Waals surface area contributed by atoms with Crippen LogP contribution in [0.25, 0.3) is 0 Å². The van der Waals surface area contributed by atoms with Gasteiger partial charge in [-0.25, -0.2) is 4.79 Å². The third-order valence-electron chi connectivity index (χ3n) is 3.35. The highest BCUT2D eigenvalue weighted by Gasteiger charge is 2.39. The number of amides is 1. The quantitative estimate of drug-likeness (QED) is 0.626. The van der Waals surface area contributed by atoms with Crippen molar-refractivity contribution < 1.29 is 14.7 Å². The molecule has 0 heterocycles. The fourth-order valence-electron chi connectivity index (χ4n) is 2.29. The van der Waals surface area contributed by atoms with E-state index in [1.165, 1.54) is 0 Å². The van der Waals surface area contributed by atoms with Gasteiger partial charge in [-0.3, -0.25) is 4.79 Å². The van der Waals surface area contributed by atoms with Gasteiger partial charge in [-0.05, 0) is 19.9 Å². The summed E-state index contributed by atoms with van der Waals surface area (Å²) in [5, 5.41) is 15.0. The number of carbonyl (C=O) groups is 2. The fourth-order valence-corrected chi connectivity index (χ4v) is 2.29. The molecule has 98 valence electrons. The molecule has 1 rings (SSSR count). The topological polar surface area (TPSA) is 78.4 Å². The second-order valence-electron chi connectivity index (χ2n) is 4.70. The third-order valence-corrected chi connectivity index (χ3v) is 3.35. The number of nitrogens with one attached hydrogen (secondary N) is 2. The van der Waals surface area contributed by atoms with Gasteiger partial charge in [-0.2, -0.15) is 0 Å². The molecular weight excluding hydrogens is 220 g/mol. The van der Waals surface area contributed by atoms with Crippen molar-refractivity contribution in [2.24, 2.45) is 0 Å². The monoisotopic (exact) mass is 242 g/mol. The summed E-state index contributed by atoms with van der Waals surface area (Å²) in [6.45, 7) is 0.571. The lowest BCUT2D eigenvalue weighted by Crippen LogP contribution is -2.54. The Kier molecular flexibility index (Phi) is 5.41. The summed E-state index contributed by atoms with van der Waals surface area (Å²) in [4.78, 5) is 23.1. The molecule has 0 aromatic carbocycles. The smallest absolute Gasteiger partial charge is 0.329 e. The van der Waals surface area contributed by atoms with Gasteiger partial charge < -0.3 is 15.7 Å². The summed E-state index contributed by atoms with van der Waals surface area (Å²) >= 11 is 0. The minimum atomic E-state index is -1.03. The van der Waals surface area contributed by atoms with Crippen LogP contribution in [0.5, 0.6) is 0 Å². The molecule has 17 heavy (non-hydrogen) atoms. The Hall–Kier alpha value is -1.10. The lowest BCUT2D eigenvalue weighted by molar-refractivity contribution is -0.148. The highest BCUT2D eigenvalue weighted by molar-refractivity contribution is 5.87. The van der Waals surface area contributed by atoms with E-state index in [9.17, 15) is 14.7 Å². The van der Waals surface area contributed by atoms with Crippen LogP contribution >= 0.6 is 0 Å². The first-order valence-corrected chi connectivity index (χ1v) is 6.30.